The Labute approximate surface area is 97.6 Å². The summed E-state index contributed by atoms with van der Waals surface area (Å²) in [6.07, 6.45) is 1.56. The number of nitrogens with zero attached hydrogens (tertiary/aromatic N) is 2. The fourth-order valence-electron chi connectivity index (χ4n) is 1.63. The summed E-state index contributed by atoms with van der Waals surface area (Å²) in [7, 11) is -3.39. The summed E-state index contributed by atoms with van der Waals surface area (Å²) in [5.41, 5.74) is 0. The van der Waals surface area contributed by atoms with Crippen molar-refractivity contribution in [3.8, 4) is 6.07 Å². The van der Waals surface area contributed by atoms with E-state index in [2.05, 4.69) is 10.8 Å². The lowest BCUT2D eigenvalue weighted by molar-refractivity contribution is 0.300. The normalized spacial score (nSPS) is 23.2. The summed E-state index contributed by atoms with van der Waals surface area (Å²) in [6, 6.07) is 2.14. The van der Waals surface area contributed by atoms with Crippen molar-refractivity contribution in [1.29, 1.82) is 5.26 Å². The van der Waals surface area contributed by atoms with Gasteiger partial charge in [0.05, 0.1) is 12.0 Å². The van der Waals surface area contributed by atoms with Crippen LogP contribution in [0, 0.1) is 23.2 Å². The smallest absolute Gasteiger partial charge is 0.202 e. The van der Waals surface area contributed by atoms with Crippen molar-refractivity contribution in [2.45, 2.75) is 26.7 Å². The quantitative estimate of drug-likeness (QED) is 0.793. The highest BCUT2D eigenvalue weighted by molar-refractivity contribution is 7.87. The summed E-state index contributed by atoms with van der Waals surface area (Å²) in [5, 5.41) is 8.80. The monoisotopic (exact) mass is 245 g/mol. The van der Waals surface area contributed by atoms with Crippen molar-refractivity contribution >= 4 is 10.2 Å². The minimum atomic E-state index is -3.39. The zero-order valence-corrected chi connectivity index (χ0v) is 10.6. The van der Waals surface area contributed by atoms with E-state index < -0.39 is 10.2 Å². The van der Waals surface area contributed by atoms with E-state index in [0.29, 0.717) is 19.6 Å². The molecule has 0 aromatic rings. The largest absolute Gasteiger partial charge is 0.279 e. The van der Waals surface area contributed by atoms with Gasteiger partial charge in [0.2, 0.25) is 0 Å². The third kappa shape index (κ3) is 3.74. The first-order chi connectivity index (χ1) is 7.45. The molecule has 1 saturated heterocycles. The Balaban J connectivity index is 2.58. The van der Waals surface area contributed by atoms with Gasteiger partial charge in [0.1, 0.15) is 0 Å². The van der Waals surface area contributed by atoms with E-state index in [1.807, 2.05) is 13.8 Å². The Morgan fingerprint density at radius 3 is 2.81 bits per heavy atom. The summed E-state index contributed by atoms with van der Waals surface area (Å²) in [5.74, 6) is 0.121. The third-order valence-corrected chi connectivity index (χ3v) is 4.12. The third-order valence-electron chi connectivity index (χ3n) is 2.58. The molecule has 1 heterocycles. The molecule has 1 atom stereocenters. The van der Waals surface area contributed by atoms with Crippen LogP contribution < -0.4 is 4.72 Å². The number of nitriles is 1. The van der Waals surface area contributed by atoms with Crippen LogP contribution in [0.4, 0.5) is 0 Å². The molecule has 0 spiro atoms. The van der Waals surface area contributed by atoms with Crippen molar-refractivity contribution in [3.63, 3.8) is 0 Å². The summed E-state index contributed by atoms with van der Waals surface area (Å²) >= 11 is 0. The fourth-order valence-corrected chi connectivity index (χ4v) is 3.10. The Hall–Kier alpha value is -0.640. The molecule has 1 fully saturated rings. The number of hydrogen-bond acceptors (Lipinski definition) is 3. The van der Waals surface area contributed by atoms with E-state index >= 15 is 0 Å². The molecule has 1 unspecified atom stereocenters. The molecule has 6 heteroatoms. The van der Waals surface area contributed by atoms with E-state index in [-0.39, 0.29) is 11.8 Å². The minimum absolute atomic E-state index is 0.163. The summed E-state index contributed by atoms with van der Waals surface area (Å²) in [6.45, 7) is 5.19. The van der Waals surface area contributed by atoms with Crippen molar-refractivity contribution in [2.75, 3.05) is 19.6 Å². The van der Waals surface area contributed by atoms with Gasteiger partial charge in [-0.3, -0.25) is 0 Å². The first-order valence-corrected chi connectivity index (χ1v) is 7.04. The van der Waals surface area contributed by atoms with Crippen LogP contribution >= 0.6 is 0 Å². The predicted octanol–water partition coefficient (Wildman–Crippen LogP) is 0.712. The molecule has 0 aliphatic carbocycles. The maximum absolute atomic E-state index is 11.9. The standard InChI is InChI=1S/C10H19N3O2S/c1-9(2)7-12-16(14,15)13-5-3-4-10(6-11)8-13/h9-10,12H,3-5,7-8H2,1-2H3. The molecule has 0 amide bonds. The number of hydrogen-bond donors (Lipinski definition) is 1. The number of piperidine rings is 1. The molecule has 1 N–H and O–H groups in total. The van der Waals surface area contributed by atoms with Crippen LogP contribution in [0.5, 0.6) is 0 Å². The van der Waals surface area contributed by atoms with Crippen LogP contribution in [0.1, 0.15) is 26.7 Å². The molecule has 0 aromatic carbocycles. The van der Waals surface area contributed by atoms with E-state index in [1.54, 1.807) is 0 Å². The Morgan fingerprint density at radius 1 is 1.56 bits per heavy atom. The predicted molar refractivity (Wildman–Crippen MR) is 61.7 cm³/mol. The second-order valence-electron chi connectivity index (χ2n) is 4.57. The SMILES string of the molecule is CC(C)CNS(=O)(=O)N1CCCC(C#N)C1. The molecular formula is C10H19N3O2S. The Bertz CT molecular complexity index is 359. The first kappa shape index (κ1) is 13.4. The van der Waals surface area contributed by atoms with Crippen molar-refractivity contribution in [1.82, 2.24) is 9.03 Å². The van der Waals surface area contributed by atoms with Gasteiger partial charge in [-0.15, -0.1) is 0 Å². The average Bonchev–Trinajstić information content (AvgIpc) is 2.27. The Kier molecular flexibility index (Phi) is 4.71. The van der Waals surface area contributed by atoms with Gasteiger partial charge in [-0.2, -0.15) is 18.0 Å². The highest BCUT2D eigenvalue weighted by atomic mass is 32.2. The molecule has 0 saturated carbocycles. The summed E-state index contributed by atoms with van der Waals surface area (Å²) < 4.78 is 27.7. The van der Waals surface area contributed by atoms with Gasteiger partial charge in [-0.1, -0.05) is 13.8 Å². The van der Waals surface area contributed by atoms with Gasteiger partial charge in [0.15, 0.2) is 0 Å². The minimum Gasteiger partial charge on any atom is -0.202 e. The van der Waals surface area contributed by atoms with E-state index in [9.17, 15) is 8.42 Å². The van der Waals surface area contributed by atoms with E-state index in [4.69, 9.17) is 5.26 Å². The second-order valence-corrected chi connectivity index (χ2v) is 6.33. The van der Waals surface area contributed by atoms with Gasteiger partial charge in [0, 0.05) is 19.6 Å². The number of nitrogens with one attached hydrogen (secondary N) is 1. The van der Waals surface area contributed by atoms with Crippen LogP contribution in [-0.2, 0) is 10.2 Å². The topological polar surface area (TPSA) is 73.2 Å². The van der Waals surface area contributed by atoms with Gasteiger partial charge in [-0.25, -0.2) is 4.72 Å². The van der Waals surface area contributed by atoms with Crippen LogP contribution in [-0.4, -0.2) is 32.4 Å². The zero-order valence-electron chi connectivity index (χ0n) is 9.81. The molecule has 16 heavy (non-hydrogen) atoms. The van der Waals surface area contributed by atoms with Gasteiger partial charge in [0.25, 0.3) is 10.2 Å². The van der Waals surface area contributed by atoms with E-state index in [1.165, 1.54) is 4.31 Å². The van der Waals surface area contributed by atoms with Gasteiger partial charge < -0.3 is 0 Å². The lowest BCUT2D eigenvalue weighted by Gasteiger charge is -2.28. The molecule has 1 aliphatic rings. The van der Waals surface area contributed by atoms with Gasteiger partial charge >= 0.3 is 0 Å². The molecule has 0 aromatic heterocycles. The van der Waals surface area contributed by atoms with Crippen LogP contribution in [0.25, 0.3) is 0 Å². The highest BCUT2D eigenvalue weighted by Gasteiger charge is 2.28. The maximum atomic E-state index is 11.9. The summed E-state index contributed by atoms with van der Waals surface area (Å²) in [4.78, 5) is 0. The zero-order chi connectivity index (χ0) is 12.2. The molecule has 1 aliphatic heterocycles. The van der Waals surface area contributed by atoms with Gasteiger partial charge in [-0.05, 0) is 18.8 Å². The molecule has 92 valence electrons. The van der Waals surface area contributed by atoms with Crippen molar-refractivity contribution in [3.05, 3.63) is 0 Å². The highest BCUT2D eigenvalue weighted by Crippen LogP contribution is 2.17. The molecule has 0 radical (unpaired) electrons. The molecule has 5 nitrogen and oxygen atoms in total. The molecule has 0 bridgehead atoms. The lowest BCUT2D eigenvalue weighted by Crippen LogP contribution is -2.46. The molecule has 1 rings (SSSR count). The van der Waals surface area contributed by atoms with Crippen LogP contribution in [0.3, 0.4) is 0 Å². The van der Waals surface area contributed by atoms with E-state index in [0.717, 1.165) is 12.8 Å². The fraction of sp³-hybridized carbons (Fsp3) is 0.900. The van der Waals surface area contributed by atoms with Crippen LogP contribution in [0.15, 0.2) is 0 Å². The van der Waals surface area contributed by atoms with Crippen molar-refractivity contribution in [2.24, 2.45) is 11.8 Å². The first-order valence-electron chi connectivity index (χ1n) is 5.60. The van der Waals surface area contributed by atoms with Crippen LogP contribution in [0.2, 0.25) is 0 Å². The van der Waals surface area contributed by atoms with Crippen molar-refractivity contribution < 1.29 is 8.42 Å². The molecular weight excluding hydrogens is 226 g/mol. The maximum Gasteiger partial charge on any atom is 0.279 e. The lowest BCUT2D eigenvalue weighted by atomic mass is 10.0. The average molecular weight is 245 g/mol. The Morgan fingerprint density at radius 2 is 2.25 bits per heavy atom. The number of rotatable bonds is 4. The second kappa shape index (κ2) is 5.62.